The van der Waals surface area contributed by atoms with Crippen molar-refractivity contribution in [2.24, 2.45) is 0 Å². The van der Waals surface area contributed by atoms with Crippen LogP contribution in [-0.2, 0) is 6.54 Å². The molecule has 0 bridgehead atoms. The van der Waals surface area contributed by atoms with Crippen molar-refractivity contribution in [3.8, 4) is 11.5 Å². The van der Waals surface area contributed by atoms with Crippen molar-refractivity contribution in [1.82, 2.24) is 30.1 Å². The number of nitrogens with zero attached hydrogens (tertiary/aromatic N) is 5. The summed E-state index contributed by atoms with van der Waals surface area (Å²) in [6.07, 6.45) is 0.897. The lowest BCUT2D eigenvalue weighted by Gasteiger charge is -2.35. The van der Waals surface area contributed by atoms with Crippen molar-refractivity contribution in [3.63, 3.8) is 0 Å². The number of tetrazole rings is 1. The van der Waals surface area contributed by atoms with E-state index in [0.717, 1.165) is 28.0 Å². The number of hydrogen-bond acceptors (Lipinski definition) is 8. The Morgan fingerprint density at radius 1 is 1.11 bits per heavy atom. The Labute approximate surface area is 208 Å². The smallest absolute Gasteiger partial charge is 0.253 e. The molecule has 1 aliphatic heterocycles. The predicted molar refractivity (Wildman–Crippen MR) is 134 cm³/mol. The van der Waals surface area contributed by atoms with Crippen LogP contribution < -0.4 is 15.0 Å². The molecule has 2 aromatic heterocycles. The second-order valence-electron chi connectivity index (χ2n) is 8.95. The van der Waals surface area contributed by atoms with Gasteiger partial charge in [-0.05, 0) is 72.2 Å². The van der Waals surface area contributed by atoms with Crippen LogP contribution in [0.25, 0.3) is 10.9 Å². The molecule has 10 nitrogen and oxygen atoms in total. The van der Waals surface area contributed by atoms with Gasteiger partial charge in [-0.1, -0.05) is 12.1 Å². The summed E-state index contributed by atoms with van der Waals surface area (Å²) in [6.45, 7) is 4.18. The number of hydrogen-bond donors (Lipinski definition) is 2. The zero-order chi connectivity index (χ0) is 25.1. The van der Waals surface area contributed by atoms with Crippen LogP contribution >= 0.6 is 0 Å². The van der Waals surface area contributed by atoms with Crippen LogP contribution in [0.1, 0.15) is 42.8 Å². The summed E-state index contributed by atoms with van der Waals surface area (Å²) in [5.41, 5.74) is 2.10. The monoisotopic (exact) mass is 490 g/mol. The van der Waals surface area contributed by atoms with E-state index < -0.39 is 6.04 Å². The summed E-state index contributed by atoms with van der Waals surface area (Å²) in [7, 11) is 1.63. The summed E-state index contributed by atoms with van der Waals surface area (Å²) in [4.78, 5) is 18.6. The number of aliphatic hydroxyl groups is 1. The highest BCUT2D eigenvalue weighted by Gasteiger charge is 2.32. The Morgan fingerprint density at radius 3 is 2.58 bits per heavy atom. The number of fused-ring (bicyclic) bond motifs is 1. The Morgan fingerprint density at radius 2 is 1.86 bits per heavy atom. The SMILES string of the molecule is CCOc1ccc2[nH]c(=O)c([C@H](c3nnnn3Cc3ccc(OC)cc3)N3CCC(O)CC3)cc2c1. The van der Waals surface area contributed by atoms with Crippen molar-refractivity contribution in [3.05, 3.63) is 75.8 Å². The molecule has 1 aliphatic rings. The molecule has 188 valence electrons. The normalized spacial score (nSPS) is 15.8. The minimum Gasteiger partial charge on any atom is -0.497 e. The fraction of sp³-hybridized carbons (Fsp3) is 0.385. The topological polar surface area (TPSA) is 118 Å². The molecule has 36 heavy (non-hydrogen) atoms. The van der Waals surface area contributed by atoms with Gasteiger partial charge in [0, 0.05) is 29.6 Å². The molecule has 4 aromatic rings. The highest BCUT2D eigenvalue weighted by Crippen LogP contribution is 2.30. The number of aromatic nitrogens is 5. The van der Waals surface area contributed by atoms with E-state index >= 15 is 0 Å². The molecule has 5 rings (SSSR count). The molecule has 1 fully saturated rings. The summed E-state index contributed by atoms with van der Waals surface area (Å²) in [5.74, 6) is 2.09. The maximum absolute atomic E-state index is 13.4. The largest absolute Gasteiger partial charge is 0.497 e. The van der Waals surface area contributed by atoms with Crippen LogP contribution in [0, 0.1) is 0 Å². The molecule has 1 saturated heterocycles. The lowest BCUT2D eigenvalue weighted by Crippen LogP contribution is -2.41. The van der Waals surface area contributed by atoms with Crippen LogP contribution in [0.4, 0.5) is 0 Å². The average molecular weight is 491 g/mol. The number of benzene rings is 2. The van der Waals surface area contributed by atoms with Crippen LogP contribution in [0.2, 0.25) is 0 Å². The van der Waals surface area contributed by atoms with Gasteiger partial charge in [-0.25, -0.2) is 4.68 Å². The van der Waals surface area contributed by atoms with Gasteiger partial charge in [0.05, 0.1) is 26.4 Å². The molecule has 2 aromatic carbocycles. The number of rotatable bonds is 8. The zero-order valence-electron chi connectivity index (χ0n) is 20.4. The van der Waals surface area contributed by atoms with Gasteiger partial charge in [-0.15, -0.1) is 5.10 Å². The van der Waals surface area contributed by atoms with Gasteiger partial charge in [-0.3, -0.25) is 9.69 Å². The highest BCUT2D eigenvalue weighted by molar-refractivity contribution is 5.80. The molecular formula is C26H30N6O4. The predicted octanol–water partition coefficient (Wildman–Crippen LogP) is 2.52. The average Bonchev–Trinajstić information content (AvgIpc) is 3.34. The number of nitrogens with one attached hydrogen (secondary N) is 1. The third-order valence-corrected chi connectivity index (χ3v) is 6.61. The molecule has 0 unspecified atom stereocenters. The van der Waals surface area contributed by atoms with E-state index in [-0.39, 0.29) is 11.7 Å². The third-order valence-electron chi connectivity index (χ3n) is 6.61. The molecule has 0 saturated carbocycles. The van der Waals surface area contributed by atoms with Crippen molar-refractivity contribution in [1.29, 1.82) is 0 Å². The molecule has 3 heterocycles. The number of ether oxygens (including phenoxy) is 2. The fourth-order valence-electron chi connectivity index (χ4n) is 4.73. The Kier molecular flexibility index (Phi) is 6.97. The molecule has 2 N–H and O–H groups in total. The van der Waals surface area contributed by atoms with E-state index in [4.69, 9.17) is 9.47 Å². The minimum absolute atomic E-state index is 0.193. The molecule has 10 heteroatoms. The summed E-state index contributed by atoms with van der Waals surface area (Å²) >= 11 is 0. The Balaban J connectivity index is 1.57. The fourth-order valence-corrected chi connectivity index (χ4v) is 4.73. The number of pyridine rings is 1. The summed E-state index contributed by atoms with van der Waals surface area (Å²) < 4.78 is 12.7. The van der Waals surface area contributed by atoms with Gasteiger partial charge in [0.2, 0.25) is 0 Å². The lowest BCUT2D eigenvalue weighted by molar-refractivity contribution is 0.0659. The van der Waals surface area contributed by atoms with E-state index in [2.05, 4.69) is 25.4 Å². The molecular weight excluding hydrogens is 460 g/mol. The van der Waals surface area contributed by atoms with Crippen LogP contribution in [0.5, 0.6) is 11.5 Å². The second kappa shape index (κ2) is 10.5. The number of likely N-dealkylation sites (tertiary alicyclic amines) is 1. The molecule has 0 spiro atoms. The summed E-state index contributed by atoms with van der Waals surface area (Å²) in [5, 5.41) is 23.6. The molecule has 0 aliphatic carbocycles. The first kappa shape index (κ1) is 24.0. The quantitative estimate of drug-likeness (QED) is 0.387. The third kappa shape index (κ3) is 4.95. The number of aliphatic hydroxyl groups excluding tert-OH is 1. The van der Waals surface area contributed by atoms with Gasteiger partial charge < -0.3 is 19.6 Å². The van der Waals surface area contributed by atoms with Gasteiger partial charge in [0.15, 0.2) is 5.82 Å². The molecule has 0 radical (unpaired) electrons. The van der Waals surface area contributed by atoms with Crippen LogP contribution in [0.3, 0.4) is 0 Å². The Hall–Kier alpha value is -3.76. The lowest BCUT2D eigenvalue weighted by atomic mass is 9.99. The zero-order valence-corrected chi connectivity index (χ0v) is 20.4. The number of H-pyrrole nitrogens is 1. The van der Waals surface area contributed by atoms with Gasteiger partial charge >= 0.3 is 0 Å². The standard InChI is InChI=1S/C26H30N6O4/c1-3-36-21-8-9-23-18(14-21)15-22(26(34)27-23)24(31-12-10-19(33)11-13-31)25-28-29-30-32(25)16-17-4-6-20(35-2)7-5-17/h4-9,14-15,19,24,33H,3,10-13,16H2,1-2H3,(H,27,34)/t24-/m1/s1. The van der Waals surface area contributed by atoms with Crippen molar-refractivity contribution >= 4 is 10.9 Å². The maximum Gasteiger partial charge on any atom is 0.253 e. The van der Waals surface area contributed by atoms with Gasteiger partial charge in [-0.2, -0.15) is 0 Å². The first-order valence-electron chi connectivity index (χ1n) is 12.2. The second-order valence-corrected chi connectivity index (χ2v) is 8.95. The van der Waals surface area contributed by atoms with Crippen molar-refractivity contribution < 1.29 is 14.6 Å². The van der Waals surface area contributed by atoms with Gasteiger partial charge in [0.25, 0.3) is 5.56 Å². The first-order valence-corrected chi connectivity index (χ1v) is 12.2. The minimum atomic E-state index is -0.477. The summed E-state index contributed by atoms with van der Waals surface area (Å²) in [6, 6.07) is 14.8. The van der Waals surface area contributed by atoms with Gasteiger partial charge in [0.1, 0.15) is 17.5 Å². The van der Waals surface area contributed by atoms with E-state index in [0.29, 0.717) is 50.5 Å². The number of methoxy groups -OCH3 is 1. The maximum atomic E-state index is 13.4. The number of piperidine rings is 1. The van der Waals surface area contributed by atoms with Crippen LogP contribution in [0.15, 0.2) is 53.3 Å². The van der Waals surface area contributed by atoms with E-state index in [1.54, 1.807) is 11.8 Å². The Bertz CT molecular complexity index is 1380. The van der Waals surface area contributed by atoms with Crippen molar-refractivity contribution in [2.45, 2.75) is 38.5 Å². The van der Waals surface area contributed by atoms with E-state index in [1.807, 2.05) is 55.5 Å². The molecule has 0 amide bonds. The van der Waals surface area contributed by atoms with Crippen LogP contribution in [-0.4, -0.2) is 68.1 Å². The molecule has 1 atom stereocenters. The van der Waals surface area contributed by atoms with Crippen molar-refractivity contribution in [2.75, 3.05) is 26.8 Å². The highest BCUT2D eigenvalue weighted by atomic mass is 16.5. The number of aromatic amines is 1. The van der Waals surface area contributed by atoms with E-state index in [1.165, 1.54) is 0 Å². The van der Waals surface area contributed by atoms with E-state index in [9.17, 15) is 9.90 Å². The first-order chi connectivity index (χ1) is 17.6.